The summed E-state index contributed by atoms with van der Waals surface area (Å²) >= 11 is 0. The maximum Gasteiger partial charge on any atom is 0.308 e. The van der Waals surface area contributed by atoms with Crippen molar-refractivity contribution >= 4 is 17.9 Å². The van der Waals surface area contributed by atoms with Crippen LogP contribution in [0.5, 0.6) is 0 Å². The molecule has 0 bridgehead atoms. The lowest BCUT2D eigenvalue weighted by atomic mass is 9.75. The smallest absolute Gasteiger partial charge is 0.308 e. The lowest BCUT2D eigenvalue weighted by Crippen LogP contribution is -2.37. The Balaban J connectivity index is 2.73. The minimum Gasteiger partial charge on any atom is -0.465 e. The first-order valence-electron chi connectivity index (χ1n) is 11.6. The number of hydrogen-bond acceptors (Lipinski definition) is 6. The third-order valence-corrected chi connectivity index (χ3v) is 5.53. The van der Waals surface area contributed by atoms with Crippen LogP contribution in [0.15, 0.2) is 0 Å². The normalized spacial score (nSPS) is 21.7. The van der Waals surface area contributed by atoms with Gasteiger partial charge < -0.3 is 14.2 Å². The Morgan fingerprint density at radius 2 is 0.800 bits per heavy atom. The number of ether oxygens (including phenoxy) is 3. The number of carbonyl (C=O) groups is 3. The van der Waals surface area contributed by atoms with Crippen molar-refractivity contribution in [3.8, 4) is 0 Å². The van der Waals surface area contributed by atoms with Gasteiger partial charge in [-0.05, 0) is 56.3 Å². The molecule has 1 fully saturated rings. The highest BCUT2D eigenvalue weighted by molar-refractivity contribution is 5.80. The largest absolute Gasteiger partial charge is 0.465 e. The molecule has 1 aliphatic carbocycles. The number of esters is 3. The molecule has 1 aliphatic rings. The van der Waals surface area contributed by atoms with Gasteiger partial charge in [0, 0.05) is 0 Å². The predicted molar refractivity (Wildman–Crippen MR) is 116 cm³/mol. The van der Waals surface area contributed by atoms with Crippen LogP contribution >= 0.6 is 0 Å². The summed E-state index contributed by atoms with van der Waals surface area (Å²) in [5.74, 6) is -1.07. The van der Waals surface area contributed by atoms with Gasteiger partial charge in [-0.1, -0.05) is 41.5 Å². The fourth-order valence-electron chi connectivity index (χ4n) is 3.44. The van der Waals surface area contributed by atoms with Crippen LogP contribution in [0.1, 0.15) is 80.1 Å². The van der Waals surface area contributed by atoms with Crippen molar-refractivity contribution in [2.24, 2.45) is 35.5 Å². The molecule has 0 spiro atoms. The second kappa shape index (κ2) is 13.7. The molecule has 0 aromatic carbocycles. The quantitative estimate of drug-likeness (QED) is 0.330. The van der Waals surface area contributed by atoms with Crippen molar-refractivity contribution < 1.29 is 28.6 Å². The van der Waals surface area contributed by atoms with Gasteiger partial charge in [0.15, 0.2) is 0 Å². The molecular weight excluding hydrogens is 384 g/mol. The molecule has 0 amide bonds. The second-order valence-corrected chi connectivity index (χ2v) is 9.85. The van der Waals surface area contributed by atoms with E-state index in [1.807, 2.05) is 0 Å². The summed E-state index contributed by atoms with van der Waals surface area (Å²) in [5, 5.41) is 0. The summed E-state index contributed by atoms with van der Waals surface area (Å²) in [7, 11) is 0. The number of carbonyl (C=O) groups excluding carboxylic acids is 3. The van der Waals surface area contributed by atoms with Crippen molar-refractivity contribution in [2.45, 2.75) is 80.1 Å². The van der Waals surface area contributed by atoms with Gasteiger partial charge in [0.25, 0.3) is 0 Å². The van der Waals surface area contributed by atoms with Crippen molar-refractivity contribution in [1.29, 1.82) is 0 Å². The van der Waals surface area contributed by atoms with Gasteiger partial charge >= 0.3 is 17.9 Å². The predicted octanol–water partition coefficient (Wildman–Crippen LogP) is 4.79. The standard InChI is InChI=1S/C24H42O6/c1-16(2)7-10-28-22(25)19-13-20(23(26)29-11-8-17(3)4)15-21(14-19)24(27)30-12-9-18(5)6/h16-21H,7-15H2,1-6H3. The first kappa shape index (κ1) is 26.4. The van der Waals surface area contributed by atoms with E-state index in [0.717, 1.165) is 19.3 Å². The summed E-state index contributed by atoms with van der Waals surface area (Å²) in [6.45, 7) is 13.5. The molecule has 6 heteroatoms. The van der Waals surface area contributed by atoms with Gasteiger partial charge in [0.05, 0.1) is 37.6 Å². The zero-order valence-corrected chi connectivity index (χ0v) is 19.8. The van der Waals surface area contributed by atoms with Gasteiger partial charge in [-0.25, -0.2) is 0 Å². The van der Waals surface area contributed by atoms with Crippen LogP contribution in [-0.4, -0.2) is 37.7 Å². The van der Waals surface area contributed by atoms with Crippen molar-refractivity contribution in [2.75, 3.05) is 19.8 Å². The Hall–Kier alpha value is -1.59. The Kier molecular flexibility index (Phi) is 12.0. The average Bonchev–Trinajstić information content (AvgIpc) is 2.66. The third kappa shape index (κ3) is 10.4. The van der Waals surface area contributed by atoms with Crippen LogP contribution in [0.2, 0.25) is 0 Å². The summed E-state index contributed by atoms with van der Waals surface area (Å²) in [5.41, 5.74) is 0. The van der Waals surface area contributed by atoms with Crippen LogP contribution in [0.25, 0.3) is 0 Å². The van der Waals surface area contributed by atoms with E-state index in [-0.39, 0.29) is 17.9 Å². The van der Waals surface area contributed by atoms with E-state index in [9.17, 15) is 14.4 Å². The van der Waals surface area contributed by atoms with Gasteiger partial charge in [-0.15, -0.1) is 0 Å². The second-order valence-electron chi connectivity index (χ2n) is 9.85. The van der Waals surface area contributed by atoms with Crippen LogP contribution in [0, 0.1) is 35.5 Å². The fourth-order valence-corrected chi connectivity index (χ4v) is 3.44. The molecule has 1 rings (SSSR count). The molecule has 0 aromatic rings. The minimum absolute atomic E-state index is 0.324. The van der Waals surface area contributed by atoms with E-state index in [1.165, 1.54) is 0 Å². The Morgan fingerprint density at radius 1 is 0.567 bits per heavy atom. The Morgan fingerprint density at radius 3 is 1.00 bits per heavy atom. The van der Waals surface area contributed by atoms with E-state index in [4.69, 9.17) is 14.2 Å². The van der Waals surface area contributed by atoms with E-state index >= 15 is 0 Å². The molecule has 0 aliphatic heterocycles. The molecule has 0 saturated heterocycles. The zero-order chi connectivity index (χ0) is 22.7. The van der Waals surface area contributed by atoms with Crippen LogP contribution in [-0.2, 0) is 28.6 Å². The first-order valence-corrected chi connectivity index (χ1v) is 11.6. The molecule has 0 heterocycles. The van der Waals surface area contributed by atoms with Crippen molar-refractivity contribution in [3.63, 3.8) is 0 Å². The molecule has 174 valence electrons. The van der Waals surface area contributed by atoms with Gasteiger partial charge in [0.1, 0.15) is 0 Å². The molecule has 30 heavy (non-hydrogen) atoms. The fraction of sp³-hybridized carbons (Fsp3) is 0.875. The van der Waals surface area contributed by atoms with E-state index < -0.39 is 17.8 Å². The highest BCUT2D eigenvalue weighted by Gasteiger charge is 2.41. The topological polar surface area (TPSA) is 78.9 Å². The average molecular weight is 427 g/mol. The summed E-state index contributed by atoms with van der Waals surface area (Å²) < 4.78 is 16.3. The van der Waals surface area contributed by atoms with Gasteiger partial charge in [-0.3, -0.25) is 14.4 Å². The van der Waals surface area contributed by atoms with Crippen molar-refractivity contribution in [3.05, 3.63) is 0 Å². The monoisotopic (exact) mass is 426 g/mol. The van der Waals surface area contributed by atoms with E-state index in [0.29, 0.717) is 56.8 Å². The molecule has 0 radical (unpaired) electrons. The van der Waals surface area contributed by atoms with Crippen LogP contribution in [0.4, 0.5) is 0 Å². The molecular formula is C24H42O6. The van der Waals surface area contributed by atoms with Gasteiger partial charge in [0.2, 0.25) is 0 Å². The van der Waals surface area contributed by atoms with Crippen molar-refractivity contribution in [1.82, 2.24) is 0 Å². The maximum absolute atomic E-state index is 12.6. The highest BCUT2D eigenvalue weighted by atomic mass is 16.5. The molecule has 0 aromatic heterocycles. The molecule has 6 nitrogen and oxygen atoms in total. The molecule has 0 unspecified atom stereocenters. The van der Waals surface area contributed by atoms with E-state index in [1.54, 1.807) is 0 Å². The molecule has 1 saturated carbocycles. The third-order valence-electron chi connectivity index (χ3n) is 5.53. The number of hydrogen-bond donors (Lipinski definition) is 0. The maximum atomic E-state index is 12.6. The van der Waals surface area contributed by atoms with Crippen LogP contribution in [0.3, 0.4) is 0 Å². The number of rotatable bonds is 12. The molecule has 0 atom stereocenters. The lowest BCUT2D eigenvalue weighted by Gasteiger charge is -2.31. The summed E-state index contributed by atoms with van der Waals surface area (Å²) in [6.07, 6.45) is 3.49. The Bertz CT molecular complexity index is 458. The Labute approximate surface area is 182 Å². The zero-order valence-electron chi connectivity index (χ0n) is 19.8. The van der Waals surface area contributed by atoms with E-state index in [2.05, 4.69) is 41.5 Å². The SMILES string of the molecule is CC(C)CCOC(=O)C1CC(C(=O)OCCC(C)C)CC(C(=O)OCCC(C)C)C1. The molecule has 0 N–H and O–H groups in total. The lowest BCUT2D eigenvalue weighted by molar-refractivity contribution is -0.161. The minimum atomic E-state index is -0.476. The van der Waals surface area contributed by atoms with Gasteiger partial charge in [-0.2, -0.15) is 0 Å². The highest BCUT2D eigenvalue weighted by Crippen LogP contribution is 2.36. The summed E-state index contributed by atoms with van der Waals surface area (Å²) in [6, 6.07) is 0. The summed E-state index contributed by atoms with van der Waals surface area (Å²) in [4.78, 5) is 37.8. The van der Waals surface area contributed by atoms with Crippen LogP contribution < -0.4 is 0 Å². The first-order chi connectivity index (χ1) is 14.1.